The number of hydrogen-bond donors (Lipinski definition) is 2. The highest BCUT2D eigenvalue weighted by Crippen LogP contribution is 2.21. The summed E-state index contributed by atoms with van der Waals surface area (Å²) >= 11 is 1.30. The molecule has 21 heavy (non-hydrogen) atoms. The summed E-state index contributed by atoms with van der Waals surface area (Å²) in [5.41, 5.74) is 0.0283. The lowest BCUT2D eigenvalue weighted by atomic mass is 10.1. The minimum absolute atomic E-state index is 0.0283. The van der Waals surface area contributed by atoms with E-state index in [1.807, 2.05) is 13.8 Å². The van der Waals surface area contributed by atoms with E-state index in [0.717, 1.165) is 4.90 Å². The molecular weight excluding hydrogens is 292 g/mol. The molecule has 0 aromatic heterocycles. The van der Waals surface area contributed by atoms with E-state index in [4.69, 9.17) is 0 Å². The first-order valence-electron chi connectivity index (χ1n) is 6.70. The summed E-state index contributed by atoms with van der Waals surface area (Å²) < 4.78 is 0. The molecule has 0 saturated heterocycles. The van der Waals surface area contributed by atoms with Crippen molar-refractivity contribution in [1.82, 2.24) is 5.32 Å². The number of non-ortho nitro benzene ring substituents is 1. The highest BCUT2D eigenvalue weighted by molar-refractivity contribution is 8.00. The van der Waals surface area contributed by atoms with Gasteiger partial charge >= 0.3 is 0 Å². The van der Waals surface area contributed by atoms with E-state index < -0.39 is 11.0 Å². The molecule has 6 nitrogen and oxygen atoms in total. The van der Waals surface area contributed by atoms with Crippen LogP contribution in [0.4, 0.5) is 5.69 Å². The number of nitro groups is 1. The van der Waals surface area contributed by atoms with E-state index in [1.165, 1.54) is 23.9 Å². The van der Waals surface area contributed by atoms with Crippen LogP contribution in [0.1, 0.15) is 20.3 Å². The highest BCUT2D eigenvalue weighted by atomic mass is 32.2. The monoisotopic (exact) mass is 312 g/mol. The molecule has 1 aromatic carbocycles. The fourth-order valence-electron chi connectivity index (χ4n) is 1.72. The molecule has 116 valence electrons. The number of carbonyl (C=O) groups is 1. The van der Waals surface area contributed by atoms with Crippen LogP contribution in [0.5, 0.6) is 0 Å². The lowest BCUT2D eigenvalue weighted by molar-refractivity contribution is -0.384. The van der Waals surface area contributed by atoms with Crippen LogP contribution in [0.25, 0.3) is 0 Å². The van der Waals surface area contributed by atoms with Crippen LogP contribution in [-0.2, 0) is 4.79 Å². The molecule has 0 aliphatic rings. The van der Waals surface area contributed by atoms with E-state index in [1.54, 1.807) is 12.1 Å². The molecule has 0 fully saturated rings. The summed E-state index contributed by atoms with van der Waals surface area (Å²) in [6.07, 6.45) is 0.119. The molecule has 0 spiro atoms. The standard InChI is InChI=1S/C14H20N2O4S/c1-10(2)7-12(17)8-15-14(18)9-21-13-5-3-11(4-6-13)16(19)20/h3-6,10,12,17H,7-9H2,1-2H3,(H,15,18). The first-order valence-corrected chi connectivity index (χ1v) is 7.69. The number of nitro benzene ring substituents is 1. The van der Waals surface area contributed by atoms with Crippen LogP contribution in [0.2, 0.25) is 0 Å². The van der Waals surface area contributed by atoms with Gasteiger partial charge < -0.3 is 10.4 Å². The molecule has 0 radical (unpaired) electrons. The van der Waals surface area contributed by atoms with E-state index >= 15 is 0 Å². The van der Waals surface area contributed by atoms with Crippen molar-refractivity contribution < 1.29 is 14.8 Å². The van der Waals surface area contributed by atoms with Gasteiger partial charge in [0.2, 0.25) is 5.91 Å². The number of aliphatic hydroxyl groups is 1. The Morgan fingerprint density at radius 1 is 1.38 bits per heavy atom. The number of nitrogens with zero attached hydrogens (tertiary/aromatic N) is 1. The first-order chi connectivity index (χ1) is 9.88. The highest BCUT2D eigenvalue weighted by Gasteiger charge is 2.10. The Morgan fingerprint density at radius 2 is 2.00 bits per heavy atom. The molecule has 7 heteroatoms. The largest absolute Gasteiger partial charge is 0.391 e. The minimum Gasteiger partial charge on any atom is -0.391 e. The zero-order valence-electron chi connectivity index (χ0n) is 12.1. The molecule has 0 aliphatic heterocycles. The molecule has 1 atom stereocenters. The maximum atomic E-state index is 11.6. The third-order valence-electron chi connectivity index (χ3n) is 2.70. The number of thioether (sulfide) groups is 1. The lowest BCUT2D eigenvalue weighted by Gasteiger charge is -2.13. The fraction of sp³-hybridized carbons (Fsp3) is 0.500. The van der Waals surface area contributed by atoms with Crippen molar-refractivity contribution in [2.24, 2.45) is 5.92 Å². The second-order valence-electron chi connectivity index (χ2n) is 5.13. The molecule has 0 bridgehead atoms. The first kappa shape index (κ1) is 17.5. The summed E-state index contributed by atoms with van der Waals surface area (Å²) in [6, 6.07) is 6.05. The van der Waals surface area contributed by atoms with Gasteiger partial charge in [-0.15, -0.1) is 11.8 Å². The Morgan fingerprint density at radius 3 is 2.52 bits per heavy atom. The number of amides is 1. The SMILES string of the molecule is CC(C)CC(O)CNC(=O)CSc1ccc([N+](=O)[O-])cc1. The molecule has 0 heterocycles. The van der Waals surface area contributed by atoms with E-state index in [-0.39, 0.29) is 23.9 Å². The number of rotatable bonds is 8. The van der Waals surface area contributed by atoms with Crippen molar-refractivity contribution in [3.05, 3.63) is 34.4 Å². The van der Waals surface area contributed by atoms with Crippen molar-refractivity contribution in [2.45, 2.75) is 31.3 Å². The Kier molecular flexibility index (Phi) is 7.18. The summed E-state index contributed by atoms with van der Waals surface area (Å²) in [7, 11) is 0. The average Bonchev–Trinajstić information content (AvgIpc) is 2.42. The summed E-state index contributed by atoms with van der Waals surface area (Å²) in [5.74, 6) is 0.430. The van der Waals surface area contributed by atoms with E-state index in [0.29, 0.717) is 12.3 Å². The van der Waals surface area contributed by atoms with Gasteiger partial charge in [0.05, 0.1) is 16.8 Å². The number of aliphatic hydroxyl groups excluding tert-OH is 1. The topological polar surface area (TPSA) is 92.5 Å². The fourth-order valence-corrected chi connectivity index (χ4v) is 2.45. The number of hydrogen-bond acceptors (Lipinski definition) is 5. The van der Waals surface area contributed by atoms with Gasteiger partial charge in [0.15, 0.2) is 0 Å². The van der Waals surface area contributed by atoms with Crippen LogP contribution in [-0.4, -0.2) is 34.3 Å². The van der Waals surface area contributed by atoms with Crippen LogP contribution >= 0.6 is 11.8 Å². The third-order valence-corrected chi connectivity index (χ3v) is 3.71. The quantitative estimate of drug-likeness (QED) is 0.436. The Labute approximate surface area is 128 Å². The predicted octanol–water partition coefficient (Wildman–Crippen LogP) is 2.21. The maximum Gasteiger partial charge on any atom is 0.269 e. The van der Waals surface area contributed by atoms with Gasteiger partial charge in [0, 0.05) is 23.6 Å². The maximum absolute atomic E-state index is 11.6. The second kappa shape index (κ2) is 8.63. The van der Waals surface area contributed by atoms with Gasteiger partial charge in [-0.05, 0) is 24.5 Å². The lowest BCUT2D eigenvalue weighted by Crippen LogP contribution is -2.33. The molecule has 1 rings (SSSR count). The zero-order valence-corrected chi connectivity index (χ0v) is 12.9. The van der Waals surface area contributed by atoms with Gasteiger partial charge in [-0.2, -0.15) is 0 Å². The van der Waals surface area contributed by atoms with Gasteiger partial charge in [0.25, 0.3) is 5.69 Å². The van der Waals surface area contributed by atoms with Gasteiger partial charge in [-0.1, -0.05) is 13.8 Å². The van der Waals surface area contributed by atoms with Gasteiger partial charge in [0.1, 0.15) is 0 Å². The molecular formula is C14H20N2O4S. The van der Waals surface area contributed by atoms with Crippen molar-refractivity contribution in [3.8, 4) is 0 Å². The Balaban J connectivity index is 2.31. The van der Waals surface area contributed by atoms with Crippen molar-refractivity contribution in [2.75, 3.05) is 12.3 Å². The molecule has 1 unspecified atom stereocenters. The molecule has 1 aromatic rings. The summed E-state index contributed by atoms with van der Waals surface area (Å²) in [6.45, 7) is 4.27. The summed E-state index contributed by atoms with van der Waals surface area (Å²) in [4.78, 5) is 22.5. The van der Waals surface area contributed by atoms with E-state index in [9.17, 15) is 20.0 Å². The molecule has 0 saturated carbocycles. The van der Waals surface area contributed by atoms with Crippen LogP contribution in [0.3, 0.4) is 0 Å². The van der Waals surface area contributed by atoms with Crippen LogP contribution < -0.4 is 5.32 Å². The molecule has 2 N–H and O–H groups in total. The van der Waals surface area contributed by atoms with Gasteiger partial charge in [-0.25, -0.2) is 0 Å². The van der Waals surface area contributed by atoms with Crippen molar-refractivity contribution in [3.63, 3.8) is 0 Å². The predicted molar refractivity (Wildman–Crippen MR) is 82.3 cm³/mol. The molecule has 0 aliphatic carbocycles. The van der Waals surface area contributed by atoms with Crippen molar-refractivity contribution >= 4 is 23.4 Å². The number of carbonyl (C=O) groups excluding carboxylic acids is 1. The smallest absolute Gasteiger partial charge is 0.269 e. The minimum atomic E-state index is -0.529. The normalized spacial score (nSPS) is 12.2. The van der Waals surface area contributed by atoms with Crippen LogP contribution in [0.15, 0.2) is 29.2 Å². The number of benzene rings is 1. The summed E-state index contributed by atoms with van der Waals surface area (Å²) in [5, 5.41) is 22.8. The third kappa shape index (κ3) is 7.10. The zero-order chi connectivity index (χ0) is 15.8. The van der Waals surface area contributed by atoms with Crippen molar-refractivity contribution in [1.29, 1.82) is 0 Å². The number of nitrogens with one attached hydrogen (secondary N) is 1. The van der Waals surface area contributed by atoms with Gasteiger partial charge in [-0.3, -0.25) is 14.9 Å². The van der Waals surface area contributed by atoms with Crippen LogP contribution in [0, 0.1) is 16.0 Å². The van der Waals surface area contributed by atoms with E-state index in [2.05, 4.69) is 5.32 Å². The Hall–Kier alpha value is -1.60. The second-order valence-corrected chi connectivity index (χ2v) is 6.18. The molecule has 1 amide bonds. The Bertz CT molecular complexity index is 476. The average molecular weight is 312 g/mol.